The topological polar surface area (TPSA) is 56.8 Å². The van der Waals surface area contributed by atoms with Crippen molar-refractivity contribution in [1.29, 1.82) is 0 Å². The maximum Gasteiger partial charge on any atom is 0.161 e. The number of benzene rings is 3. The van der Waals surface area contributed by atoms with Gasteiger partial charge in [0.1, 0.15) is 6.61 Å². The summed E-state index contributed by atoms with van der Waals surface area (Å²) in [5, 5.41) is 5.92. The lowest BCUT2D eigenvalue weighted by Gasteiger charge is -2.12. The average Bonchev–Trinajstić information content (AvgIpc) is 2.60. The van der Waals surface area contributed by atoms with Crippen molar-refractivity contribution in [2.75, 3.05) is 7.11 Å². The van der Waals surface area contributed by atoms with E-state index in [1.54, 1.807) is 13.3 Å². The minimum Gasteiger partial charge on any atom is -0.493 e. The SMILES string of the molecule is COc1cc(C=NN)ccc1OCc1cccc2ccccc12. The van der Waals surface area contributed by atoms with Gasteiger partial charge in [0.05, 0.1) is 13.3 Å². The largest absolute Gasteiger partial charge is 0.493 e. The Bertz CT molecular complexity index is 838. The van der Waals surface area contributed by atoms with Gasteiger partial charge in [0.2, 0.25) is 0 Å². The van der Waals surface area contributed by atoms with Gasteiger partial charge < -0.3 is 15.3 Å². The molecule has 4 nitrogen and oxygen atoms in total. The standard InChI is InChI=1S/C19H18N2O2/c1-22-19-11-14(12-21-20)9-10-18(19)23-13-16-7-4-6-15-5-2-3-8-17(15)16/h2-12H,13,20H2,1H3. The van der Waals surface area contributed by atoms with Crippen LogP contribution in [0.15, 0.2) is 65.8 Å². The van der Waals surface area contributed by atoms with Crippen LogP contribution in [0.4, 0.5) is 0 Å². The first-order valence-electron chi connectivity index (χ1n) is 7.32. The quantitative estimate of drug-likeness (QED) is 0.444. The summed E-state index contributed by atoms with van der Waals surface area (Å²) in [5.74, 6) is 6.52. The van der Waals surface area contributed by atoms with Gasteiger partial charge in [-0.25, -0.2) is 0 Å². The van der Waals surface area contributed by atoms with E-state index in [1.807, 2.05) is 36.4 Å². The monoisotopic (exact) mass is 306 g/mol. The molecule has 0 saturated carbocycles. The molecule has 3 rings (SSSR count). The Kier molecular flexibility index (Phi) is 4.43. The molecule has 0 atom stereocenters. The van der Waals surface area contributed by atoms with Crippen molar-refractivity contribution in [3.05, 3.63) is 71.8 Å². The van der Waals surface area contributed by atoms with Crippen molar-refractivity contribution in [3.8, 4) is 11.5 Å². The molecule has 0 spiro atoms. The summed E-state index contributed by atoms with van der Waals surface area (Å²) < 4.78 is 11.3. The molecular weight excluding hydrogens is 288 g/mol. The maximum atomic E-state index is 5.95. The zero-order chi connectivity index (χ0) is 16.1. The van der Waals surface area contributed by atoms with Crippen LogP contribution in [0.25, 0.3) is 10.8 Å². The highest BCUT2D eigenvalue weighted by molar-refractivity contribution is 5.85. The first-order valence-corrected chi connectivity index (χ1v) is 7.32. The van der Waals surface area contributed by atoms with E-state index < -0.39 is 0 Å². The number of nitrogens with two attached hydrogens (primary N) is 1. The summed E-state index contributed by atoms with van der Waals surface area (Å²) in [6.07, 6.45) is 1.57. The highest BCUT2D eigenvalue weighted by Crippen LogP contribution is 2.29. The van der Waals surface area contributed by atoms with Crippen molar-refractivity contribution in [3.63, 3.8) is 0 Å². The Morgan fingerprint density at radius 3 is 2.65 bits per heavy atom. The van der Waals surface area contributed by atoms with Crippen molar-refractivity contribution in [2.24, 2.45) is 10.9 Å². The second-order valence-corrected chi connectivity index (χ2v) is 5.12. The molecule has 4 heteroatoms. The third-order valence-electron chi connectivity index (χ3n) is 3.67. The number of rotatable bonds is 5. The molecule has 0 fully saturated rings. The number of fused-ring (bicyclic) bond motifs is 1. The van der Waals surface area contributed by atoms with Gasteiger partial charge >= 0.3 is 0 Å². The average molecular weight is 306 g/mol. The summed E-state index contributed by atoms with van der Waals surface area (Å²) >= 11 is 0. The molecule has 0 aliphatic heterocycles. The van der Waals surface area contributed by atoms with Gasteiger partial charge in [-0.1, -0.05) is 42.5 Å². The van der Waals surface area contributed by atoms with Crippen molar-refractivity contribution < 1.29 is 9.47 Å². The smallest absolute Gasteiger partial charge is 0.161 e. The molecule has 0 bridgehead atoms. The van der Waals surface area contributed by atoms with Gasteiger partial charge in [-0.2, -0.15) is 5.10 Å². The van der Waals surface area contributed by atoms with Crippen LogP contribution in [0.2, 0.25) is 0 Å². The van der Waals surface area contributed by atoms with Crippen LogP contribution in [0.3, 0.4) is 0 Å². The fourth-order valence-electron chi connectivity index (χ4n) is 2.54. The van der Waals surface area contributed by atoms with Crippen LogP contribution in [-0.4, -0.2) is 13.3 Å². The Balaban J connectivity index is 1.85. The van der Waals surface area contributed by atoms with E-state index >= 15 is 0 Å². The number of hydrazone groups is 1. The summed E-state index contributed by atoms with van der Waals surface area (Å²) in [6.45, 7) is 0.474. The van der Waals surface area contributed by atoms with Crippen molar-refractivity contribution >= 4 is 17.0 Å². The Morgan fingerprint density at radius 1 is 1.00 bits per heavy atom. The number of ether oxygens (including phenoxy) is 2. The van der Waals surface area contributed by atoms with Crippen molar-refractivity contribution in [2.45, 2.75) is 6.61 Å². The molecule has 3 aromatic rings. The molecule has 0 heterocycles. The third-order valence-corrected chi connectivity index (χ3v) is 3.67. The minimum atomic E-state index is 0.474. The molecule has 0 aliphatic rings. The van der Waals surface area contributed by atoms with E-state index in [0.717, 1.165) is 11.1 Å². The molecule has 2 N–H and O–H groups in total. The molecule has 0 radical (unpaired) electrons. The summed E-state index contributed by atoms with van der Waals surface area (Å²) in [7, 11) is 1.61. The lowest BCUT2D eigenvalue weighted by atomic mass is 10.1. The van der Waals surface area contributed by atoms with Gasteiger partial charge in [0.25, 0.3) is 0 Å². The van der Waals surface area contributed by atoms with E-state index in [1.165, 1.54) is 10.8 Å². The van der Waals surface area contributed by atoms with E-state index in [9.17, 15) is 0 Å². The van der Waals surface area contributed by atoms with Gasteiger partial charge in [0, 0.05) is 0 Å². The van der Waals surface area contributed by atoms with Crippen LogP contribution in [-0.2, 0) is 6.61 Å². The molecule has 3 aromatic carbocycles. The zero-order valence-electron chi connectivity index (χ0n) is 12.9. The fraction of sp³-hybridized carbons (Fsp3) is 0.105. The molecule has 0 amide bonds. The van der Waals surface area contributed by atoms with Gasteiger partial charge in [0.15, 0.2) is 11.5 Å². The van der Waals surface area contributed by atoms with Crippen LogP contribution in [0, 0.1) is 0 Å². The highest BCUT2D eigenvalue weighted by Gasteiger charge is 2.07. The number of hydrogen-bond donors (Lipinski definition) is 1. The van der Waals surface area contributed by atoms with Gasteiger partial charge in [-0.05, 0) is 40.1 Å². The third kappa shape index (κ3) is 3.26. The normalized spacial score (nSPS) is 11.0. The van der Waals surface area contributed by atoms with Gasteiger partial charge in [-0.15, -0.1) is 0 Å². The number of methoxy groups -OCH3 is 1. The molecule has 0 saturated heterocycles. The molecule has 23 heavy (non-hydrogen) atoms. The van der Waals surface area contributed by atoms with E-state index in [4.69, 9.17) is 15.3 Å². The Hall–Kier alpha value is -3.01. The zero-order valence-corrected chi connectivity index (χ0v) is 12.9. The summed E-state index contributed by atoms with van der Waals surface area (Å²) in [6, 6.07) is 20.1. The molecule has 0 aliphatic carbocycles. The molecular formula is C19H18N2O2. The van der Waals surface area contributed by atoms with Crippen LogP contribution >= 0.6 is 0 Å². The van der Waals surface area contributed by atoms with E-state index in [-0.39, 0.29) is 0 Å². The Morgan fingerprint density at radius 2 is 1.83 bits per heavy atom. The minimum absolute atomic E-state index is 0.474. The van der Waals surface area contributed by atoms with Crippen LogP contribution < -0.4 is 15.3 Å². The van der Waals surface area contributed by atoms with Crippen LogP contribution in [0.1, 0.15) is 11.1 Å². The first-order chi connectivity index (χ1) is 11.3. The van der Waals surface area contributed by atoms with Gasteiger partial charge in [-0.3, -0.25) is 0 Å². The van der Waals surface area contributed by atoms with Crippen LogP contribution in [0.5, 0.6) is 11.5 Å². The summed E-state index contributed by atoms with van der Waals surface area (Å²) in [4.78, 5) is 0. The second kappa shape index (κ2) is 6.83. The number of nitrogens with zero attached hydrogens (tertiary/aromatic N) is 1. The predicted octanol–water partition coefficient (Wildman–Crippen LogP) is 3.72. The summed E-state index contributed by atoms with van der Waals surface area (Å²) in [5.41, 5.74) is 2.00. The van der Waals surface area contributed by atoms with E-state index in [2.05, 4.69) is 29.4 Å². The molecule has 0 unspecified atom stereocenters. The van der Waals surface area contributed by atoms with Crippen molar-refractivity contribution in [1.82, 2.24) is 0 Å². The lowest BCUT2D eigenvalue weighted by molar-refractivity contribution is 0.285. The highest BCUT2D eigenvalue weighted by atomic mass is 16.5. The lowest BCUT2D eigenvalue weighted by Crippen LogP contribution is -1.99. The predicted molar refractivity (Wildman–Crippen MR) is 93.1 cm³/mol. The fourth-order valence-corrected chi connectivity index (χ4v) is 2.54. The second-order valence-electron chi connectivity index (χ2n) is 5.12. The molecule has 0 aromatic heterocycles. The Labute approximate surface area is 135 Å². The first kappa shape index (κ1) is 14.9. The van der Waals surface area contributed by atoms with E-state index in [0.29, 0.717) is 18.1 Å². The molecule has 116 valence electrons. The number of hydrogen-bond acceptors (Lipinski definition) is 4. The maximum absolute atomic E-state index is 5.95.